The maximum Gasteiger partial charge on any atom is 0.231 e. The molecular weight excluding hydrogens is 1010 g/mol. The summed E-state index contributed by atoms with van der Waals surface area (Å²) in [7, 11) is 0. The molecule has 0 amide bonds. The van der Waals surface area contributed by atoms with Crippen LogP contribution in [0.4, 0.5) is 0 Å². The van der Waals surface area contributed by atoms with Gasteiger partial charge in [-0.05, 0) is 100 Å². The fraction of sp³-hybridized carbons (Fsp3) is 0.393. The van der Waals surface area contributed by atoms with E-state index in [9.17, 15) is 0 Å². The van der Waals surface area contributed by atoms with Crippen molar-refractivity contribution in [3.63, 3.8) is 0 Å². The Hall–Kier alpha value is -5.32. The van der Waals surface area contributed by atoms with E-state index in [2.05, 4.69) is 225 Å². The molecule has 0 N–H and O–H groups in total. The quantitative estimate of drug-likeness (QED) is 0.123. The van der Waals surface area contributed by atoms with Crippen molar-refractivity contribution < 1.29 is 30.4 Å². The Morgan fingerprint density at radius 2 is 1.03 bits per heavy atom. The van der Waals surface area contributed by atoms with E-state index in [1.54, 1.807) is 0 Å². The van der Waals surface area contributed by atoms with Crippen LogP contribution in [0.3, 0.4) is 0 Å². The maximum absolute atomic E-state index is 6.70. The van der Waals surface area contributed by atoms with Gasteiger partial charge in [0.05, 0.1) is 0 Å². The van der Waals surface area contributed by atoms with Crippen LogP contribution in [0.5, 0.6) is 11.5 Å². The molecule has 3 aromatic heterocycles. The van der Waals surface area contributed by atoms with Gasteiger partial charge in [0.1, 0.15) is 5.82 Å². The van der Waals surface area contributed by atoms with Gasteiger partial charge < -0.3 is 13.9 Å². The van der Waals surface area contributed by atoms with Gasteiger partial charge in [0, 0.05) is 55.5 Å². The van der Waals surface area contributed by atoms with Gasteiger partial charge in [-0.25, -0.2) is 4.98 Å². The molecule has 5 aromatic carbocycles. The molecule has 3 heterocycles. The van der Waals surface area contributed by atoms with Crippen LogP contribution in [-0.4, -0.2) is 19.3 Å². The molecule has 358 valence electrons. The maximum atomic E-state index is 6.70. The summed E-state index contributed by atoms with van der Waals surface area (Å²) in [5, 5.41) is 7.63. The summed E-state index contributed by atoms with van der Waals surface area (Å²) in [5.41, 5.74) is 11.9. The van der Waals surface area contributed by atoms with Gasteiger partial charge in [-0.15, -0.1) is 29.7 Å². The summed E-state index contributed by atoms with van der Waals surface area (Å²) in [4.78, 5) is 4.93. The summed E-state index contributed by atoms with van der Waals surface area (Å²) >= 11 is 0. The number of hydrogen-bond donors (Lipinski definition) is 0. The summed E-state index contributed by atoms with van der Waals surface area (Å²) in [6.45, 7) is 40.8. The van der Waals surface area contributed by atoms with Crippen LogP contribution in [-0.2, 0) is 53.6 Å². The molecule has 8 rings (SSSR count). The average Bonchev–Trinajstić information content (AvgIpc) is 3.82. The molecule has 0 aliphatic heterocycles. The van der Waals surface area contributed by atoms with E-state index >= 15 is 0 Å². The molecule has 0 fully saturated rings. The van der Waals surface area contributed by atoms with Crippen molar-refractivity contribution in [2.75, 3.05) is 0 Å². The van der Waals surface area contributed by atoms with Crippen LogP contribution in [0.25, 0.3) is 50.4 Å². The molecule has 0 atom stereocenters. The minimum Gasteiger partial charge on any atom is -0.510 e. The largest absolute Gasteiger partial charge is 0.510 e. The van der Waals surface area contributed by atoms with E-state index in [1.165, 1.54) is 33.4 Å². The Kier molecular flexibility index (Phi) is 13.1. The van der Waals surface area contributed by atoms with Crippen LogP contribution in [0.2, 0.25) is 0 Å². The molecule has 6 nitrogen and oxygen atoms in total. The van der Waals surface area contributed by atoms with Gasteiger partial charge in [0.15, 0.2) is 0 Å². The van der Waals surface area contributed by atoms with Gasteiger partial charge >= 0.3 is 0 Å². The molecule has 0 spiro atoms. The van der Waals surface area contributed by atoms with Gasteiger partial charge in [0.2, 0.25) is 12.2 Å². The van der Waals surface area contributed by atoms with Crippen LogP contribution in [0.1, 0.15) is 158 Å². The number of ether oxygens (including phenoxy) is 1. The van der Waals surface area contributed by atoms with Gasteiger partial charge in [-0.2, -0.15) is 22.9 Å². The molecule has 0 saturated carbocycles. The van der Waals surface area contributed by atoms with Crippen molar-refractivity contribution in [2.45, 2.75) is 157 Å². The van der Waals surface area contributed by atoms with E-state index in [-0.39, 0.29) is 53.6 Å². The number of hydrogen-bond acceptors (Lipinski definition) is 3. The minimum absolute atomic E-state index is 0. The molecule has 0 aliphatic rings. The predicted molar refractivity (Wildman–Crippen MR) is 278 cm³/mol. The zero-order chi connectivity index (χ0) is 48.8. The first-order valence-electron chi connectivity index (χ1n) is 23.9. The molecular formula is C61H71N5OPt-2. The smallest absolute Gasteiger partial charge is 0.231 e. The van der Waals surface area contributed by atoms with E-state index in [0.29, 0.717) is 17.2 Å². The van der Waals surface area contributed by atoms with Crippen molar-refractivity contribution in [1.29, 1.82) is 0 Å². The van der Waals surface area contributed by atoms with Crippen LogP contribution in [0.15, 0.2) is 103 Å². The third kappa shape index (κ3) is 10.3. The second kappa shape index (κ2) is 17.6. The Morgan fingerprint density at radius 3 is 1.59 bits per heavy atom. The molecule has 7 heteroatoms. The number of nitrogens with zero attached hydrogens (tertiary/aromatic N) is 5. The minimum atomic E-state index is -0.0749. The van der Waals surface area contributed by atoms with Crippen molar-refractivity contribution in [2.24, 2.45) is 0 Å². The Bertz CT molecular complexity index is 3000. The Labute approximate surface area is 421 Å². The van der Waals surface area contributed by atoms with E-state index in [4.69, 9.17) is 14.8 Å². The number of benzene rings is 5. The number of rotatable bonds is 6. The molecule has 0 bridgehead atoms. The SMILES string of the molecule is CC(C)(C)c1cc(-c2nn(-c3[c-]c(Oc4[c-]c5c(cc4)c4cc(C(C)(C)C)ccc4n5-c4cc(C(C)(C)C)ccn4)ccc3)[c-][n+]2-c2cc(C(C)(C)C)cc(C(C)(C)C)c2)cc(C(C)(C)C)c1.[Pt]. The zero-order valence-corrected chi connectivity index (χ0v) is 46.0. The van der Waals surface area contributed by atoms with E-state index in [0.717, 1.165) is 44.7 Å². The first-order valence-corrected chi connectivity index (χ1v) is 23.9. The molecule has 0 aliphatic carbocycles. The first kappa shape index (κ1) is 50.6. The fourth-order valence-electron chi connectivity index (χ4n) is 8.44. The van der Waals surface area contributed by atoms with Crippen molar-refractivity contribution >= 4 is 21.8 Å². The topological polar surface area (TPSA) is 48.8 Å². The Morgan fingerprint density at radius 1 is 0.500 bits per heavy atom. The number of pyridine rings is 1. The normalized spacial score (nSPS) is 13.0. The molecule has 8 aromatic rings. The Balaban J connectivity index is 0.00000684. The summed E-state index contributed by atoms with van der Waals surface area (Å²) in [5.74, 6) is 2.77. The average molecular weight is 1090 g/mol. The predicted octanol–water partition coefficient (Wildman–Crippen LogP) is 15.3. The van der Waals surface area contributed by atoms with E-state index < -0.39 is 0 Å². The third-order valence-electron chi connectivity index (χ3n) is 13.0. The fourth-order valence-corrected chi connectivity index (χ4v) is 8.44. The number of aromatic nitrogens is 5. The van der Waals surface area contributed by atoms with Gasteiger partial charge in [0.25, 0.3) is 0 Å². The second-order valence-corrected chi connectivity index (χ2v) is 24.8. The van der Waals surface area contributed by atoms with Crippen LogP contribution >= 0.6 is 0 Å². The van der Waals surface area contributed by atoms with Crippen LogP contribution in [0, 0.1) is 18.5 Å². The van der Waals surface area contributed by atoms with E-state index in [1.807, 2.05) is 35.1 Å². The zero-order valence-electron chi connectivity index (χ0n) is 43.8. The first-order chi connectivity index (χ1) is 30.9. The molecule has 68 heavy (non-hydrogen) atoms. The third-order valence-corrected chi connectivity index (χ3v) is 13.0. The number of fused-ring (bicyclic) bond motifs is 3. The van der Waals surface area contributed by atoms with Gasteiger partial charge in [-0.3, -0.25) is 0 Å². The van der Waals surface area contributed by atoms with Crippen LogP contribution < -0.4 is 9.30 Å². The standard InChI is InChI=1S/C61H71N5O.Pt/c1-56(2,3)40-22-25-52-51(34-40)50-24-23-49(37-53(50)66(52)54-35-41(26-27-62-54)57(4,5)6)67-48-21-19-20-46(36-48)65-38-64(47-32-44(60(13,14)15)31-45(33-47)61(16,17)18)55(63-65)39-28-42(58(7,8)9)30-43(29-39)59(10,11)12;/h19-35H,1-18H3;/q-2;. The monoisotopic (exact) mass is 1080 g/mol. The van der Waals surface area contributed by atoms with Crippen molar-refractivity contribution in [3.05, 3.63) is 155 Å². The van der Waals surface area contributed by atoms with Crippen molar-refractivity contribution in [3.8, 4) is 40.1 Å². The molecule has 0 radical (unpaired) electrons. The molecule has 0 saturated heterocycles. The summed E-state index contributed by atoms with van der Waals surface area (Å²) in [6, 6.07) is 42.3. The van der Waals surface area contributed by atoms with Gasteiger partial charge in [-0.1, -0.05) is 179 Å². The van der Waals surface area contributed by atoms with Crippen molar-refractivity contribution in [1.82, 2.24) is 19.3 Å². The summed E-state index contributed by atoms with van der Waals surface area (Å²) in [6.07, 6.45) is 5.60. The molecule has 0 unspecified atom stereocenters. The summed E-state index contributed by atoms with van der Waals surface area (Å²) < 4.78 is 12.9. The second-order valence-electron chi connectivity index (χ2n) is 24.8.